The Morgan fingerprint density at radius 3 is 1.35 bits per heavy atom. The van der Waals surface area contributed by atoms with Crippen molar-refractivity contribution >= 4 is 5.91 Å². The van der Waals surface area contributed by atoms with Gasteiger partial charge in [0.2, 0.25) is 5.91 Å². The van der Waals surface area contributed by atoms with Crippen molar-refractivity contribution in [1.29, 1.82) is 0 Å². The first kappa shape index (κ1) is 68.3. The van der Waals surface area contributed by atoms with Gasteiger partial charge in [0.05, 0.1) is 32.0 Å². The zero-order chi connectivity index (χ0) is 53.9. The molecule has 12 atom stereocenters. The Morgan fingerprint density at radius 1 is 0.486 bits per heavy atom. The summed E-state index contributed by atoms with van der Waals surface area (Å²) in [6.45, 7) is 2.76. The summed E-state index contributed by atoms with van der Waals surface area (Å²) < 4.78 is 22.7. The lowest BCUT2D eigenvalue weighted by Crippen LogP contribution is -2.65. The van der Waals surface area contributed by atoms with Gasteiger partial charge in [-0.2, -0.15) is 0 Å². The van der Waals surface area contributed by atoms with Crippen molar-refractivity contribution in [2.24, 2.45) is 0 Å². The van der Waals surface area contributed by atoms with Gasteiger partial charge in [-0.3, -0.25) is 4.79 Å². The number of carbonyl (C=O) groups excluding carboxylic acids is 1. The first-order valence-electron chi connectivity index (χ1n) is 30.2. The van der Waals surface area contributed by atoms with Crippen LogP contribution < -0.4 is 5.32 Å². The number of allylic oxidation sites excluding steroid dienone is 5. The second-order valence-electron chi connectivity index (χ2n) is 21.5. The van der Waals surface area contributed by atoms with Gasteiger partial charge in [-0.1, -0.05) is 224 Å². The molecule has 2 saturated heterocycles. The SMILES string of the molecule is CCCCCCC/C=C\C/C=C\CCCCCCCCCCCCCCCCCCCCCC(=O)NC(COC1OC(CO)C(OC2OC(CO)C(O)C(O)C2O)C(O)C1O)C(O)/C=C/CCCCCCCCC. The van der Waals surface area contributed by atoms with E-state index in [1.54, 1.807) is 6.08 Å². The second-order valence-corrected chi connectivity index (χ2v) is 21.5. The molecule has 2 fully saturated rings. The zero-order valence-electron chi connectivity index (χ0n) is 46.6. The maximum Gasteiger partial charge on any atom is 0.220 e. The number of carbonyl (C=O) groups is 1. The topological polar surface area (TPSA) is 228 Å². The van der Waals surface area contributed by atoms with Crippen molar-refractivity contribution < 1.29 is 64.6 Å². The monoisotopic (exact) mass is 1050 g/mol. The van der Waals surface area contributed by atoms with Gasteiger partial charge in [-0.25, -0.2) is 0 Å². The number of aliphatic hydroxyl groups is 8. The lowest BCUT2D eigenvalue weighted by Gasteiger charge is -2.46. The predicted molar refractivity (Wildman–Crippen MR) is 295 cm³/mol. The van der Waals surface area contributed by atoms with Crippen molar-refractivity contribution in [3.63, 3.8) is 0 Å². The Kier molecular flexibility index (Phi) is 42.6. The molecule has 0 saturated carbocycles. The van der Waals surface area contributed by atoms with Gasteiger partial charge in [-0.05, 0) is 51.4 Å². The van der Waals surface area contributed by atoms with Crippen molar-refractivity contribution in [3.05, 3.63) is 36.5 Å². The molecular formula is C60H111NO13. The van der Waals surface area contributed by atoms with Crippen LogP contribution in [0.4, 0.5) is 0 Å². The Labute approximate surface area is 449 Å². The van der Waals surface area contributed by atoms with Crippen LogP contribution in [0.3, 0.4) is 0 Å². The summed E-state index contributed by atoms with van der Waals surface area (Å²) >= 11 is 0. The summed E-state index contributed by atoms with van der Waals surface area (Å²) in [7, 11) is 0. The van der Waals surface area contributed by atoms with Crippen LogP contribution in [0.2, 0.25) is 0 Å². The molecule has 0 aromatic rings. The fourth-order valence-electron chi connectivity index (χ4n) is 9.91. The number of rotatable bonds is 48. The first-order valence-corrected chi connectivity index (χ1v) is 30.2. The minimum absolute atomic E-state index is 0.239. The maximum absolute atomic E-state index is 13.2. The van der Waals surface area contributed by atoms with Gasteiger partial charge in [-0.15, -0.1) is 0 Å². The summed E-state index contributed by atoms with van der Waals surface area (Å²) in [6, 6.07) is -0.910. The molecule has 9 N–H and O–H groups in total. The third-order valence-corrected chi connectivity index (χ3v) is 14.8. The summed E-state index contributed by atoms with van der Waals surface area (Å²) in [4.78, 5) is 13.2. The molecule has 2 aliphatic heterocycles. The molecular weight excluding hydrogens is 943 g/mol. The first-order chi connectivity index (χ1) is 36.1. The van der Waals surface area contributed by atoms with Crippen molar-refractivity contribution in [1.82, 2.24) is 5.32 Å². The normalized spacial score (nSPS) is 25.4. The molecule has 74 heavy (non-hydrogen) atoms. The summed E-state index contributed by atoms with van der Waals surface area (Å²) in [5.74, 6) is -0.239. The number of ether oxygens (including phenoxy) is 4. The Bertz CT molecular complexity index is 1380. The average molecular weight is 1050 g/mol. The van der Waals surface area contributed by atoms with Gasteiger partial charge in [0.25, 0.3) is 0 Å². The second kappa shape index (κ2) is 46.2. The predicted octanol–water partition coefficient (Wildman–Crippen LogP) is 10.2. The van der Waals surface area contributed by atoms with E-state index in [9.17, 15) is 45.6 Å². The van der Waals surface area contributed by atoms with E-state index in [2.05, 4.69) is 43.5 Å². The molecule has 2 rings (SSSR count). The average Bonchev–Trinajstić information content (AvgIpc) is 3.40. The molecule has 0 spiro atoms. The number of aliphatic hydroxyl groups excluding tert-OH is 8. The van der Waals surface area contributed by atoms with E-state index in [0.29, 0.717) is 6.42 Å². The standard InChI is InChI=1S/C60H111NO13/c1-3-5-7-9-11-13-14-15-16-17-18-19-20-21-22-23-24-25-26-27-28-29-30-31-32-33-34-36-38-40-42-44-52(65)61-48(49(64)43-41-39-37-35-12-10-8-6-4-2)47-71-59-57(70)55(68)58(51(46-63)73-59)74-60-56(69)54(67)53(66)50(45-62)72-60/h14-15,17-18,41,43,48-51,53-60,62-64,66-70H,3-13,16,19-40,42,44-47H2,1-2H3,(H,61,65)/b15-14-,18-17-,43-41+. The number of hydrogen-bond acceptors (Lipinski definition) is 13. The van der Waals surface area contributed by atoms with Gasteiger partial charge >= 0.3 is 0 Å². The number of amides is 1. The van der Waals surface area contributed by atoms with Crippen LogP contribution in [0.5, 0.6) is 0 Å². The highest BCUT2D eigenvalue weighted by Gasteiger charge is 2.51. The molecule has 0 bridgehead atoms. The maximum atomic E-state index is 13.2. The molecule has 1 amide bonds. The summed E-state index contributed by atoms with van der Waals surface area (Å²) in [6.07, 6.45) is 39.4. The minimum atomic E-state index is -1.79. The summed E-state index contributed by atoms with van der Waals surface area (Å²) in [5.41, 5.74) is 0. The van der Waals surface area contributed by atoms with Crippen LogP contribution in [0, 0.1) is 0 Å². The molecule has 0 aromatic carbocycles. The van der Waals surface area contributed by atoms with E-state index in [1.165, 1.54) is 173 Å². The molecule has 14 heteroatoms. The van der Waals surface area contributed by atoms with Crippen LogP contribution >= 0.6 is 0 Å². The fourth-order valence-corrected chi connectivity index (χ4v) is 9.91. The summed E-state index contributed by atoms with van der Waals surface area (Å²) in [5, 5.41) is 86.8. The third kappa shape index (κ3) is 31.6. The van der Waals surface area contributed by atoms with Crippen LogP contribution in [0.15, 0.2) is 36.5 Å². The van der Waals surface area contributed by atoms with E-state index >= 15 is 0 Å². The lowest BCUT2D eigenvalue weighted by atomic mass is 9.97. The zero-order valence-corrected chi connectivity index (χ0v) is 46.6. The molecule has 2 aliphatic rings. The van der Waals surface area contributed by atoms with Crippen LogP contribution in [-0.4, -0.2) is 140 Å². The van der Waals surface area contributed by atoms with Crippen LogP contribution in [0.1, 0.15) is 245 Å². The molecule has 0 radical (unpaired) electrons. The highest BCUT2D eigenvalue weighted by molar-refractivity contribution is 5.76. The van der Waals surface area contributed by atoms with Gasteiger partial charge in [0.15, 0.2) is 12.6 Å². The van der Waals surface area contributed by atoms with Gasteiger partial charge in [0, 0.05) is 6.42 Å². The van der Waals surface area contributed by atoms with Crippen molar-refractivity contribution in [2.45, 2.75) is 319 Å². The third-order valence-electron chi connectivity index (χ3n) is 14.8. The Balaban J connectivity index is 1.61. The van der Waals surface area contributed by atoms with E-state index in [1.807, 2.05) is 6.08 Å². The number of hydrogen-bond donors (Lipinski definition) is 9. The van der Waals surface area contributed by atoms with E-state index < -0.39 is 86.8 Å². The van der Waals surface area contributed by atoms with E-state index in [-0.39, 0.29) is 18.9 Å². The molecule has 0 aromatic heterocycles. The smallest absolute Gasteiger partial charge is 0.220 e. The highest BCUT2D eigenvalue weighted by Crippen LogP contribution is 2.30. The highest BCUT2D eigenvalue weighted by atomic mass is 16.7. The van der Waals surface area contributed by atoms with E-state index in [4.69, 9.17) is 18.9 Å². The molecule has 434 valence electrons. The molecule has 14 nitrogen and oxygen atoms in total. The van der Waals surface area contributed by atoms with Crippen molar-refractivity contribution in [2.75, 3.05) is 19.8 Å². The lowest BCUT2D eigenvalue weighted by molar-refractivity contribution is -0.359. The number of nitrogens with one attached hydrogen (secondary N) is 1. The van der Waals surface area contributed by atoms with Crippen LogP contribution in [-0.2, 0) is 23.7 Å². The van der Waals surface area contributed by atoms with Crippen LogP contribution in [0.25, 0.3) is 0 Å². The molecule has 12 unspecified atom stereocenters. The molecule has 0 aliphatic carbocycles. The van der Waals surface area contributed by atoms with E-state index in [0.717, 1.165) is 44.9 Å². The minimum Gasteiger partial charge on any atom is -0.394 e. The Morgan fingerprint density at radius 2 is 0.892 bits per heavy atom. The largest absolute Gasteiger partial charge is 0.394 e. The quantitative estimate of drug-likeness (QED) is 0.0204. The molecule has 2 heterocycles. The Hall–Kier alpha value is -1.79. The van der Waals surface area contributed by atoms with Gasteiger partial charge in [0.1, 0.15) is 48.8 Å². The van der Waals surface area contributed by atoms with Gasteiger partial charge < -0.3 is 65.1 Å². The fraction of sp³-hybridized carbons (Fsp3) is 0.883. The van der Waals surface area contributed by atoms with Crippen molar-refractivity contribution in [3.8, 4) is 0 Å². The number of unbranched alkanes of at least 4 members (excludes halogenated alkanes) is 31.